The zero-order valence-electron chi connectivity index (χ0n) is 10.6. The van der Waals surface area contributed by atoms with Crippen molar-refractivity contribution in [3.63, 3.8) is 0 Å². The number of benzene rings is 1. The highest BCUT2D eigenvalue weighted by Gasteiger charge is 2.29. The van der Waals surface area contributed by atoms with E-state index in [1.54, 1.807) is 18.9 Å². The Morgan fingerprint density at radius 2 is 1.89 bits per heavy atom. The molecule has 0 bridgehead atoms. The predicted molar refractivity (Wildman–Crippen MR) is 73.6 cm³/mol. The number of hydrogen-bond acceptors (Lipinski definition) is 4. The quantitative estimate of drug-likeness (QED) is 0.618. The van der Waals surface area contributed by atoms with Crippen molar-refractivity contribution < 1.29 is 14.3 Å². The molecule has 1 unspecified atom stereocenters. The van der Waals surface area contributed by atoms with Crippen molar-refractivity contribution in [2.24, 2.45) is 0 Å². The number of Topliss-reactive ketones (excluding diaryl/α,β-unsaturated/α-hetero) is 1. The first kappa shape index (κ1) is 14.7. The van der Waals surface area contributed by atoms with Crippen LogP contribution in [0.4, 0.5) is 5.69 Å². The lowest BCUT2D eigenvalue weighted by molar-refractivity contribution is -0.147. The number of likely N-dealkylation sites (N-methyl/N-ethyl adjacent to an activating group) is 1. The lowest BCUT2D eigenvalue weighted by Gasteiger charge is -2.26. The van der Waals surface area contributed by atoms with Gasteiger partial charge in [0.15, 0.2) is 11.8 Å². The minimum atomic E-state index is -0.897. The molecule has 18 heavy (non-hydrogen) atoms. The zero-order valence-corrected chi connectivity index (χ0v) is 12.2. The number of carbonyl (C=O) groups is 2. The Morgan fingerprint density at radius 1 is 1.33 bits per heavy atom. The van der Waals surface area contributed by atoms with Crippen LogP contribution in [0.15, 0.2) is 28.7 Å². The van der Waals surface area contributed by atoms with Crippen LogP contribution in [0, 0.1) is 0 Å². The summed E-state index contributed by atoms with van der Waals surface area (Å²) in [6.45, 7) is 3.36. The summed E-state index contributed by atoms with van der Waals surface area (Å²) in [5, 5.41) is 0. The Kier molecular flexibility index (Phi) is 5.34. The Hall–Kier alpha value is -1.36. The molecule has 0 radical (unpaired) electrons. The summed E-state index contributed by atoms with van der Waals surface area (Å²) in [5.74, 6) is -0.755. The highest BCUT2D eigenvalue weighted by Crippen LogP contribution is 2.19. The first-order valence-electron chi connectivity index (χ1n) is 5.62. The summed E-state index contributed by atoms with van der Waals surface area (Å²) < 4.78 is 5.86. The van der Waals surface area contributed by atoms with Gasteiger partial charge in [-0.1, -0.05) is 15.9 Å². The summed E-state index contributed by atoms with van der Waals surface area (Å²) >= 11 is 3.34. The van der Waals surface area contributed by atoms with Gasteiger partial charge in [-0.2, -0.15) is 0 Å². The Labute approximate surface area is 115 Å². The van der Waals surface area contributed by atoms with E-state index in [4.69, 9.17) is 4.74 Å². The minimum Gasteiger partial charge on any atom is -0.464 e. The van der Waals surface area contributed by atoms with E-state index in [1.807, 2.05) is 24.3 Å². The molecule has 5 heteroatoms. The van der Waals surface area contributed by atoms with Gasteiger partial charge >= 0.3 is 5.97 Å². The number of carbonyl (C=O) groups excluding carboxylic acids is 2. The maximum atomic E-state index is 11.8. The Morgan fingerprint density at radius 3 is 2.33 bits per heavy atom. The summed E-state index contributed by atoms with van der Waals surface area (Å²) in [6.07, 6.45) is 0. The molecule has 0 saturated carbocycles. The van der Waals surface area contributed by atoms with Gasteiger partial charge in [0.05, 0.1) is 6.61 Å². The maximum absolute atomic E-state index is 11.8. The molecule has 1 atom stereocenters. The highest BCUT2D eigenvalue weighted by molar-refractivity contribution is 9.10. The van der Waals surface area contributed by atoms with Crippen molar-refractivity contribution in [2.75, 3.05) is 18.6 Å². The van der Waals surface area contributed by atoms with Crippen LogP contribution in [0.5, 0.6) is 0 Å². The summed E-state index contributed by atoms with van der Waals surface area (Å²) in [7, 11) is 1.70. The van der Waals surface area contributed by atoms with Crippen molar-refractivity contribution in [1.29, 1.82) is 0 Å². The van der Waals surface area contributed by atoms with Gasteiger partial charge < -0.3 is 9.64 Å². The average molecular weight is 314 g/mol. The fourth-order valence-corrected chi connectivity index (χ4v) is 1.91. The van der Waals surface area contributed by atoms with Crippen LogP contribution in [0.3, 0.4) is 0 Å². The molecule has 0 fully saturated rings. The van der Waals surface area contributed by atoms with Gasteiger partial charge in [-0.25, -0.2) is 4.79 Å². The van der Waals surface area contributed by atoms with Crippen molar-refractivity contribution >= 4 is 33.4 Å². The molecule has 0 aliphatic rings. The molecule has 0 N–H and O–H groups in total. The van der Waals surface area contributed by atoms with Crippen molar-refractivity contribution in [3.8, 4) is 0 Å². The topological polar surface area (TPSA) is 46.6 Å². The molecule has 1 rings (SSSR count). The third kappa shape index (κ3) is 3.57. The molecule has 0 aliphatic heterocycles. The normalized spacial score (nSPS) is 11.8. The lowest BCUT2D eigenvalue weighted by Crippen LogP contribution is -2.44. The molecule has 98 valence electrons. The molecule has 0 spiro atoms. The van der Waals surface area contributed by atoms with Crippen LogP contribution < -0.4 is 4.90 Å². The first-order chi connectivity index (χ1) is 8.47. The van der Waals surface area contributed by atoms with Gasteiger partial charge in [-0.3, -0.25) is 4.79 Å². The fraction of sp³-hybridized carbons (Fsp3) is 0.385. The van der Waals surface area contributed by atoms with Crippen LogP contribution in [-0.2, 0) is 14.3 Å². The Bertz CT molecular complexity index is 430. The maximum Gasteiger partial charge on any atom is 0.336 e. The van der Waals surface area contributed by atoms with E-state index < -0.39 is 12.0 Å². The molecular formula is C13H16BrNO3. The SMILES string of the molecule is CCOC(=O)C(C(C)=O)N(C)c1ccc(Br)cc1. The number of esters is 1. The molecule has 4 nitrogen and oxygen atoms in total. The molecule has 0 heterocycles. The highest BCUT2D eigenvalue weighted by atomic mass is 79.9. The van der Waals surface area contributed by atoms with Crippen LogP contribution in [0.2, 0.25) is 0 Å². The second-order valence-corrected chi connectivity index (χ2v) is 4.77. The first-order valence-corrected chi connectivity index (χ1v) is 6.42. The molecule has 0 saturated heterocycles. The van der Waals surface area contributed by atoms with E-state index >= 15 is 0 Å². The van der Waals surface area contributed by atoms with Gasteiger partial charge in [-0.05, 0) is 38.1 Å². The summed E-state index contributed by atoms with van der Waals surface area (Å²) in [5.41, 5.74) is 0.784. The zero-order chi connectivity index (χ0) is 13.7. The molecular weight excluding hydrogens is 298 g/mol. The number of halogens is 1. The number of anilines is 1. The van der Waals surface area contributed by atoms with Gasteiger partial charge in [-0.15, -0.1) is 0 Å². The van der Waals surface area contributed by atoms with E-state index in [0.717, 1.165) is 10.2 Å². The second-order valence-electron chi connectivity index (χ2n) is 3.85. The number of hydrogen-bond donors (Lipinski definition) is 0. The van der Waals surface area contributed by atoms with Crippen LogP contribution >= 0.6 is 15.9 Å². The van der Waals surface area contributed by atoms with Crippen molar-refractivity contribution in [2.45, 2.75) is 19.9 Å². The van der Waals surface area contributed by atoms with Crippen LogP contribution in [-0.4, -0.2) is 31.4 Å². The van der Waals surface area contributed by atoms with E-state index in [-0.39, 0.29) is 12.4 Å². The second kappa shape index (κ2) is 6.54. The van der Waals surface area contributed by atoms with E-state index in [1.165, 1.54) is 6.92 Å². The van der Waals surface area contributed by atoms with E-state index in [9.17, 15) is 9.59 Å². The minimum absolute atomic E-state index is 0.237. The third-order valence-electron chi connectivity index (χ3n) is 2.52. The number of ether oxygens (including phenoxy) is 1. The monoisotopic (exact) mass is 313 g/mol. The van der Waals surface area contributed by atoms with E-state index in [2.05, 4.69) is 15.9 Å². The molecule has 0 amide bonds. The van der Waals surface area contributed by atoms with Crippen LogP contribution in [0.25, 0.3) is 0 Å². The molecule has 1 aromatic carbocycles. The largest absolute Gasteiger partial charge is 0.464 e. The van der Waals surface area contributed by atoms with Crippen molar-refractivity contribution in [3.05, 3.63) is 28.7 Å². The standard InChI is InChI=1S/C13H16BrNO3/c1-4-18-13(17)12(9(2)16)15(3)11-7-5-10(14)6-8-11/h5-8,12H,4H2,1-3H3. The Balaban J connectivity index is 2.95. The summed E-state index contributed by atoms with van der Waals surface area (Å²) in [6, 6.07) is 6.48. The average Bonchev–Trinajstić information content (AvgIpc) is 2.29. The number of nitrogens with zero attached hydrogens (tertiary/aromatic N) is 1. The van der Waals surface area contributed by atoms with Crippen LogP contribution in [0.1, 0.15) is 13.8 Å². The molecule has 0 aliphatic carbocycles. The summed E-state index contributed by atoms with van der Waals surface area (Å²) in [4.78, 5) is 25.0. The molecule has 0 aromatic heterocycles. The number of rotatable bonds is 5. The lowest BCUT2D eigenvalue weighted by atomic mass is 10.1. The van der Waals surface area contributed by atoms with E-state index in [0.29, 0.717) is 0 Å². The van der Waals surface area contributed by atoms with Gasteiger partial charge in [0.25, 0.3) is 0 Å². The number of ketones is 1. The van der Waals surface area contributed by atoms with Crippen molar-refractivity contribution in [1.82, 2.24) is 0 Å². The third-order valence-corrected chi connectivity index (χ3v) is 3.04. The van der Waals surface area contributed by atoms with Gasteiger partial charge in [0.1, 0.15) is 0 Å². The fourth-order valence-electron chi connectivity index (χ4n) is 1.64. The van der Waals surface area contributed by atoms with Gasteiger partial charge in [0, 0.05) is 17.2 Å². The van der Waals surface area contributed by atoms with Gasteiger partial charge in [0.2, 0.25) is 0 Å². The smallest absolute Gasteiger partial charge is 0.336 e. The molecule has 1 aromatic rings. The predicted octanol–water partition coefficient (Wildman–Crippen LogP) is 2.41.